The van der Waals surface area contributed by atoms with Crippen LogP contribution >= 0.6 is 0 Å². The predicted octanol–water partition coefficient (Wildman–Crippen LogP) is 3.35. The van der Waals surface area contributed by atoms with Crippen molar-refractivity contribution in [2.24, 2.45) is 11.8 Å². The van der Waals surface area contributed by atoms with E-state index in [1.807, 2.05) is 53.4 Å². The fraction of sp³-hybridized carbons (Fsp3) is 0.391. The molecular formula is C23H26N2O2. The minimum atomic E-state index is -0.157. The van der Waals surface area contributed by atoms with Crippen molar-refractivity contribution in [1.82, 2.24) is 10.2 Å². The van der Waals surface area contributed by atoms with Crippen molar-refractivity contribution in [3.63, 3.8) is 0 Å². The average molecular weight is 362 g/mol. The van der Waals surface area contributed by atoms with Crippen molar-refractivity contribution in [3.05, 3.63) is 71.8 Å². The number of amides is 2. The lowest BCUT2D eigenvalue weighted by molar-refractivity contribution is -0.137. The van der Waals surface area contributed by atoms with Crippen LogP contribution in [0.2, 0.25) is 0 Å². The second-order valence-corrected chi connectivity index (χ2v) is 7.76. The summed E-state index contributed by atoms with van der Waals surface area (Å²) in [6.07, 6.45) is 2.78. The number of hydrogen-bond acceptors (Lipinski definition) is 2. The van der Waals surface area contributed by atoms with Crippen molar-refractivity contribution >= 4 is 11.8 Å². The lowest BCUT2D eigenvalue weighted by Gasteiger charge is -2.37. The van der Waals surface area contributed by atoms with Crippen LogP contribution in [0.3, 0.4) is 0 Å². The van der Waals surface area contributed by atoms with Gasteiger partial charge in [0.15, 0.2) is 0 Å². The highest BCUT2D eigenvalue weighted by atomic mass is 16.2. The van der Waals surface area contributed by atoms with E-state index in [2.05, 4.69) is 17.4 Å². The van der Waals surface area contributed by atoms with Crippen molar-refractivity contribution in [2.75, 3.05) is 13.1 Å². The molecule has 4 nitrogen and oxygen atoms in total. The summed E-state index contributed by atoms with van der Waals surface area (Å²) in [7, 11) is 0. The van der Waals surface area contributed by atoms with Gasteiger partial charge in [-0.2, -0.15) is 0 Å². The van der Waals surface area contributed by atoms with Crippen LogP contribution in [0.15, 0.2) is 60.7 Å². The van der Waals surface area contributed by atoms with Gasteiger partial charge in [-0.25, -0.2) is 0 Å². The van der Waals surface area contributed by atoms with E-state index in [0.29, 0.717) is 13.1 Å². The highest BCUT2D eigenvalue weighted by molar-refractivity contribution is 5.83. The average Bonchev–Trinajstić information content (AvgIpc) is 3.58. The number of nitrogens with one attached hydrogen (secondary N) is 1. The molecule has 140 valence electrons. The molecule has 0 aromatic heterocycles. The molecule has 1 saturated carbocycles. The summed E-state index contributed by atoms with van der Waals surface area (Å²) in [5, 5.41) is 3.07. The van der Waals surface area contributed by atoms with Crippen LogP contribution in [0.4, 0.5) is 0 Å². The van der Waals surface area contributed by atoms with E-state index in [1.54, 1.807) is 0 Å². The molecule has 1 saturated heterocycles. The smallest absolute Gasteiger partial charge is 0.225 e. The first kappa shape index (κ1) is 17.8. The van der Waals surface area contributed by atoms with Gasteiger partial charge in [0.2, 0.25) is 11.8 Å². The summed E-state index contributed by atoms with van der Waals surface area (Å²) < 4.78 is 0. The molecule has 2 unspecified atom stereocenters. The van der Waals surface area contributed by atoms with Crippen LogP contribution < -0.4 is 5.32 Å². The molecule has 2 amide bonds. The molecule has 2 aromatic rings. The highest BCUT2D eigenvalue weighted by Gasteiger charge is 2.39. The van der Waals surface area contributed by atoms with Gasteiger partial charge in [0, 0.05) is 31.5 Å². The Balaban J connectivity index is 1.46. The third-order valence-electron chi connectivity index (χ3n) is 5.64. The van der Waals surface area contributed by atoms with Gasteiger partial charge in [-0.05, 0) is 30.4 Å². The van der Waals surface area contributed by atoms with Gasteiger partial charge in [0.1, 0.15) is 0 Å². The standard InChI is InChI=1S/C23H26N2O2/c26-22(24-14-17-7-3-1-4-8-17)21-13-20(18-9-5-2-6-10-18)15-25(16-21)23(27)19-11-12-19/h1-10,19-21H,11-16H2,(H,24,26). The van der Waals surface area contributed by atoms with Crippen LogP contribution in [0, 0.1) is 11.8 Å². The molecule has 2 aromatic carbocycles. The SMILES string of the molecule is O=C(NCc1ccccc1)C1CC(c2ccccc2)CN(C(=O)C2CC2)C1. The largest absolute Gasteiger partial charge is 0.352 e. The molecule has 1 N–H and O–H groups in total. The monoisotopic (exact) mass is 362 g/mol. The first-order chi connectivity index (χ1) is 13.2. The van der Waals surface area contributed by atoms with Gasteiger partial charge < -0.3 is 10.2 Å². The van der Waals surface area contributed by atoms with Gasteiger partial charge in [0.25, 0.3) is 0 Å². The second-order valence-electron chi connectivity index (χ2n) is 7.76. The number of carbonyl (C=O) groups is 2. The van der Waals surface area contributed by atoms with E-state index >= 15 is 0 Å². The molecular weight excluding hydrogens is 336 g/mol. The lowest BCUT2D eigenvalue weighted by Crippen LogP contribution is -2.48. The molecule has 2 aliphatic rings. The number of likely N-dealkylation sites (tertiary alicyclic amines) is 1. The number of piperidine rings is 1. The number of benzene rings is 2. The maximum Gasteiger partial charge on any atom is 0.225 e. The Bertz CT molecular complexity index is 787. The quantitative estimate of drug-likeness (QED) is 0.887. The van der Waals surface area contributed by atoms with E-state index in [0.717, 1.165) is 31.4 Å². The Labute approximate surface area is 160 Å². The number of hydrogen-bond donors (Lipinski definition) is 1. The van der Waals surface area contributed by atoms with E-state index in [-0.39, 0.29) is 29.6 Å². The predicted molar refractivity (Wildman–Crippen MR) is 105 cm³/mol. The zero-order valence-corrected chi connectivity index (χ0v) is 15.5. The molecule has 1 aliphatic heterocycles. The zero-order chi connectivity index (χ0) is 18.6. The third kappa shape index (κ3) is 4.38. The van der Waals surface area contributed by atoms with Crippen LogP contribution in [0.1, 0.15) is 36.3 Å². The van der Waals surface area contributed by atoms with Gasteiger partial charge in [-0.1, -0.05) is 60.7 Å². The molecule has 27 heavy (non-hydrogen) atoms. The normalized spacial score (nSPS) is 22.3. The number of carbonyl (C=O) groups excluding carboxylic acids is 2. The van der Waals surface area contributed by atoms with Crippen molar-refractivity contribution in [2.45, 2.75) is 31.7 Å². The second kappa shape index (κ2) is 7.95. The molecule has 4 heteroatoms. The molecule has 0 spiro atoms. The molecule has 1 heterocycles. The molecule has 4 rings (SSSR count). The molecule has 2 fully saturated rings. The van der Waals surface area contributed by atoms with Crippen molar-refractivity contribution < 1.29 is 9.59 Å². The summed E-state index contributed by atoms with van der Waals surface area (Å²) in [5.74, 6) is 0.530. The minimum absolute atomic E-state index is 0.0491. The fourth-order valence-electron chi connectivity index (χ4n) is 3.95. The Morgan fingerprint density at radius 3 is 2.22 bits per heavy atom. The highest BCUT2D eigenvalue weighted by Crippen LogP contribution is 2.36. The van der Waals surface area contributed by atoms with Crippen LogP contribution in [-0.2, 0) is 16.1 Å². The molecule has 0 bridgehead atoms. The van der Waals surface area contributed by atoms with E-state index in [4.69, 9.17) is 0 Å². The first-order valence-electron chi connectivity index (χ1n) is 9.86. The third-order valence-corrected chi connectivity index (χ3v) is 5.64. The number of rotatable bonds is 5. The Kier molecular flexibility index (Phi) is 5.23. The van der Waals surface area contributed by atoms with Crippen LogP contribution in [0.25, 0.3) is 0 Å². The van der Waals surface area contributed by atoms with Gasteiger partial charge in [-0.15, -0.1) is 0 Å². The summed E-state index contributed by atoms with van der Waals surface area (Å²) in [6.45, 7) is 1.80. The molecule has 0 radical (unpaired) electrons. The number of nitrogens with zero attached hydrogens (tertiary/aromatic N) is 1. The van der Waals surface area contributed by atoms with Gasteiger partial charge >= 0.3 is 0 Å². The first-order valence-corrected chi connectivity index (χ1v) is 9.86. The minimum Gasteiger partial charge on any atom is -0.352 e. The van der Waals surface area contributed by atoms with E-state index < -0.39 is 0 Å². The lowest BCUT2D eigenvalue weighted by atomic mass is 9.84. The van der Waals surface area contributed by atoms with Gasteiger partial charge in [0.05, 0.1) is 5.92 Å². The zero-order valence-electron chi connectivity index (χ0n) is 15.5. The van der Waals surface area contributed by atoms with Crippen molar-refractivity contribution in [1.29, 1.82) is 0 Å². The summed E-state index contributed by atoms with van der Waals surface area (Å²) in [4.78, 5) is 27.5. The summed E-state index contributed by atoms with van der Waals surface area (Å²) in [6, 6.07) is 20.2. The van der Waals surface area contributed by atoms with Gasteiger partial charge in [-0.3, -0.25) is 9.59 Å². The topological polar surface area (TPSA) is 49.4 Å². The van der Waals surface area contributed by atoms with Crippen LogP contribution in [0.5, 0.6) is 0 Å². The Morgan fingerprint density at radius 2 is 1.56 bits per heavy atom. The Hall–Kier alpha value is -2.62. The van der Waals surface area contributed by atoms with E-state index in [9.17, 15) is 9.59 Å². The molecule has 2 atom stereocenters. The maximum atomic E-state index is 12.9. The summed E-state index contributed by atoms with van der Waals surface area (Å²) in [5.41, 5.74) is 2.30. The molecule has 1 aliphatic carbocycles. The van der Waals surface area contributed by atoms with Crippen LogP contribution in [-0.4, -0.2) is 29.8 Å². The summed E-state index contributed by atoms with van der Waals surface area (Å²) >= 11 is 0. The van der Waals surface area contributed by atoms with E-state index in [1.165, 1.54) is 5.56 Å². The Morgan fingerprint density at radius 1 is 0.889 bits per heavy atom. The fourth-order valence-corrected chi connectivity index (χ4v) is 3.95. The maximum absolute atomic E-state index is 12.9. The van der Waals surface area contributed by atoms with Crippen molar-refractivity contribution in [3.8, 4) is 0 Å².